The first-order valence-corrected chi connectivity index (χ1v) is 8.38. The number of carbonyl (C=O) groups excluding carboxylic acids is 2. The van der Waals surface area contributed by atoms with Gasteiger partial charge in [-0.25, -0.2) is 0 Å². The van der Waals surface area contributed by atoms with Crippen molar-refractivity contribution < 1.29 is 9.59 Å². The van der Waals surface area contributed by atoms with Crippen LogP contribution in [0.25, 0.3) is 0 Å². The Morgan fingerprint density at radius 1 is 1.21 bits per heavy atom. The molecule has 0 fully saturated rings. The maximum absolute atomic E-state index is 13.3. The Morgan fingerprint density at radius 2 is 2.08 bits per heavy atom. The number of amides is 2. The number of anilines is 1. The molecule has 1 aliphatic carbocycles. The lowest BCUT2D eigenvalue weighted by Crippen LogP contribution is -2.39. The molecule has 24 heavy (non-hydrogen) atoms. The van der Waals surface area contributed by atoms with E-state index < -0.39 is 0 Å². The van der Waals surface area contributed by atoms with Crippen LogP contribution < -0.4 is 10.2 Å². The summed E-state index contributed by atoms with van der Waals surface area (Å²) in [5.74, 6) is -0.308. The SMILES string of the molecule is O=C1NCCN(C(=O)[C@@H]2CCCc3cccnc32)c2ccccc21. The molecule has 5 nitrogen and oxygen atoms in total. The van der Waals surface area contributed by atoms with Crippen LogP contribution in [-0.4, -0.2) is 29.9 Å². The van der Waals surface area contributed by atoms with Gasteiger partial charge in [-0.2, -0.15) is 0 Å². The van der Waals surface area contributed by atoms with Gasteiger partial charge in [0.05, 0.1) is 22.9 Å². The zero-order valence-corrected chi connectivity index (χ0v) is 13.4. The van der Waals surface area contributed by atoms with Crippen LogP contribution in [0.3, 0.4) is 0 Å². The molecule has 1 aromatic heterocycles. The second-order valence-electron chi connectivity index (χ2n) is 6.26. The molecule has 122 valence electrons. The number of pyridine rings is 1. The summed E-state index contributed by atoms with van der Waals surface area (Å²) in [4.78, 5) is 31.7. The Labute approximate surface area is 140 Å². The Balaban J connectivity index is 1.73. The fourth-order valence-corrected chi connectivity index (χ4v) is 3.66. The number of carbonyl (C=O) groups is 2. The zero-order chi connectivity index (χ0) is 16.5. The molecular weight excluding hydrogens is 302 g/mol. The molecule has 0 saturated carbocycles. The van der Waals surface area contributed by atoms with E-state index in [0.717, 1.165) is 25.0 Å². The largest absolute Gasteiger partial charge is 0.350 e. The second kappa shape index (κ2) is 6.07. The molecule has 2 aliphatic rings. The van der Waals surface area contributed by atoms with E-state index >= 15 is 0 Å². The van der Waals surface area contributed by atoms with Crippen LogP contribution in [0, 0.1) is 0 Å². The first kappa shape index (κ1) is 14.9. The first-order chi connectivity index (χ1) is 11.8. The fraction of sp³-hybridized carbons (Fsp3) is 0.316. The van der Waals surface area contributed by atoms with Crippen molar-refractivity contribution in [1.29, 1.82) is 0 Å². The van der Waals surface area contributed by atoms with Crippen molar-refractivity contribution in [2.75, 3.05) is 18.0 Å². The van der Waals surface area contributed by atoms with E-state index in [1.54, 1.807) is 17.2 Å². The number of rotatable bonds is 1. The van der Waals surface area contributed by atoms with Gasteiger partial charge in [-0.1, -0.05) is 18.2 Å². The minimum absolute atomic E-state index is 0.0404. The molecular formula is C19H19N3O2. The number of nitrogens with one attached hydrogen (secondary N) is 1. The maximum atomic E-state index is 13.3. The minimum Gasteiger partial charge on any atom is -0.350 e. The van der Waals surface area contributed by atoms with Gasteiger partial charge in [0.15, 0.2) is 0 Å². The molecule has 5 heteroatoms. The van der Waals surface area contributed by atoms with Gasteiger partial charge in [0, 0.05) is 19.3 Å². The van der Waals surface area contributed by atoms with E-state index in [0.29, 0.717) is 24.3 Å². The maximum Gasteiger partial charge on any atom is 0.253 e. The molecule has 1 aromatic carbocycles. The number of hydrogen-bond donors (Lipinski definition) is 1. The third-order valence-corrected chi connectivity index (χ3v) is 4.82. The van der Waals surface area contributed by atoms with Gasteiger partial charge in [-0.3, -0.25) is 14.6 Å². The fourth-order valence-electron chi connectivity index (χ4n) is 3.66. The average Bonchev–Trinajstić information content (AvgIpc) is 2.80. The highest BCUT2D eigenvalue weighted by Gasteiger charge is 2.33. The van der Waals surface area contributed by atoms with Crippen molar-refractivity contribution in [1.82, 2.24) is 10.3 Å². The second-order valence-corrected chi connectivity index (χ2v) is 6.26. The summed E-state index contributed by atoms with van der Waals surface area (Å²) in [6.45, 7) is 0.946. The molecule has 0 spiro atoms. The van der Waals surface area contributed by atoms with E-state index in [4.69, 9.17) is 0 Å². The zero-order valence-electron chi connectivity index (χ0n) is 13.4. The summed E-state index contributed by atoms with van der Waals surface area (Å²) >= 11 is 0. The third kappa shape index (κ3) is 2.46. The number of aromatic nitrogens is 1. The van der Waals surface area contributed by atoms with Gasteiger partial charge in [-0.05, 0) is 43.0 Å². The Bertz CT molecular complexity index is 803. The molecule has 0 unspecified atom stereocenters. The normalized spacial score (nSPS) is 19.8. The highest BCUT2D eigenvalue weighted by Crippen LogP contribution is 2.33. The number of hydrogen-bond acceptors (Lipinski definition) is 3. The average molecular weight is 321 g/mol. The van der Waals surface area contributed by atoms with Crippen LogP contribution in [0.5, 0.6) is 0 Å². The Kier molecular flexibility index (Phi) is 3.76. The van der Waals surface area contributed by atoms with Crippen molar-refractivity contribution in [2.24, 2.45) is 0 Å². The standard InChI is InChI=1S/C19H19N3O2/c23-18-14-7-1-2-9-16(14)22(12-11-21-18)19(24)15-8-3-5-13-6-4-10-20-17(13)15/h1-2,4,6-7,9-10,15H,3,5,8,11-12H2,(H,21,23)/t15-/m1/s1. The summed E-state index contributed by atoms with van der Waals surface area (Å²) < 4.78 is 0. The molecule has 1 atom stereocenters. The molecule has 0 saturated heterocycles. The molecule has 2 amide bonds. The van der Waals surface area contributed by atoms with E-state index in [2.05, 4.69) is 16.4 Å². The number of benzene rings is 1. The number of fused-ring (bicyclic) bond motifs is 2. The van der Waals surface area contributed by atoms with Crippen molar-refractivity contribution in [3.63, 3.8) is 0 Å². The van der Waals surface area contributed by atoms with Crippen LogP contribution in [0.1, 0.15) is 40.4 Å². The van der Waals surface area contributed by atoms with E-state index in [1.807, 2.05) is 24.3 Å². The number of nitrogens with zero attached hydrogens (tertiary/aromatic N) is 2. The van der Waals surface area contributed by atoms with Crippen molar-refractivity contribution >= 4 is 17.5 Å². The lowest BCUT2D eigenvalue weighted by atomic mass is 9.85. The van der Waals surface area contributed by atoms with Crippen LogP contribution >= 0.6 is 0 Å². The summed E-state index contributed by atoms with van der Waals surface area (Å²) in [6.07, 6.45) is 4.53. The van der Waals surface area contributed by atoms with Gasteiger partial charge in [-0.15, -0.1) is 0 Å². The third-order valence-electron chi connectivity index (χ3n) is 4.82. The van der Waals surface area contributed by atoms with Crippen LogP contribution in [-0.2, 0) is 11.2 Å². The van der Waals surface area contributed by atoms with Gasteiger partial charge in [0.25, 0.3) is 5.91 Å². The van der Waals surface area contributed by atoms with Crippen molar-refractivity contribution in [2.45, 2.75) is 25.2 Å². The predicted octanol–water partition coefficient (Wildman–Crippen LogP) is 2.28. The van der Waals surface area contributed by atoms with Gasteiger partial charge >= 0.3 is 0 Å². The van der Waals surface area contributed by atoms with E-state index in [9.17, 15) is 9.59 Å². The molecule has 0 bridgehead atoms. The highest BCUT2D eigenvalue weighted by molar-refractivity contribution is 6.07. The Hall–Kier alpha value is -2.69. The molecule has 1 N–H and O–H groups in total. The summed E-state index contributed by atoms with van der Waals surface area (Å²) in [5.41, 5.74) is 3.31. The quantitative estimate of drug-likeness (QED) is 0.876. The van der Waals surface area contributed by atoms with E-state index in [-0.39, 0.29) is 17.7 Å². The number of aryl methyl sites for hydroxylation is 1. The molecule has 0 radical (unpaired) electrons. The van der Waals surface area contributed by atoms with Crippen LogP contribution in [0.4, 0.5) is 5.69 Å². The monoisotopic (exact) mass is 321 g/mol. The molecule has 2 aromatic rings. The lowest BCUT2D eigenvalue weighted by molar-refractivity contribution is -0.120. The topological polar surface area (TPSA) is 62.3 Å². The molecule has 1 aliphatic heterocycles. The van der Waals surface area contributed by atoms with Crippen molar-refractivity contribution in [3.05, 3.63) is 59.4 Å². The minimum atomic E-state index is -0.226. The van der Waals surface area contributed by atoms with E-state index in [1.165, 1.54) is 5.56 Å². The summed E-state index contributed by atoms with van der Waals surface area (Å²) in [5, 5.41) is 2.86. The lowest BCUT2D eigenvalue weighted by Gasteiger charge is -2.30. The first-order valence-electron chi connectivity index (χ1n) is 8.38. The molecule has 4 rings (SSSR count). The molecule has 2 heterocycles. The van der Waals surface area contributed by atoms with Gasteiger partial charge in [0.2, 0.25) is 5.91 Å². The van der Waals surface area contributed by atoms with Crippen LogP contribution in [0.15, 0.2) is 42.6 Å². The highest BCUT2D eigenvalue weighted by atomic mass is 16.2. The smallest absolute Gasteiger partial charge is 0.253 e. The summed E-state index contributed by atoms with van der Waals surface area (Å²) in [7, 11) is 0. The summed E-state index contributed by atoms with van der Waals surface area (Å²) in [6, 6.07) is 11.3. The van der Waals surface area contributed by atoms with Gasteiger partial charge < -0.3 is 10.2 Å². The predicted molar refractivity (Wildman–Crippen MR) is 91.0 cm³/mol. The van der Waals surface area contributed by atoms with Crippen LogP contribution in [0.2, 0.25) is 0 Å². The van der Waals surface area contributed by atoms with Crippen molar-refractivity contribution in [3.8, 4) is 0 Å². The number of para-hydroxylation sites is 1. The Morgan fingerprint density at radius 3 is 3.00 bits per heavy atom. The van der Waals surface area contributed by atoms with Gasteiger partial charge in [0.1, 0.15) is 0 Å².